The SMILES string of the molecule is COCc1nc(Nc2cnn(CC3CCCO3)c2)c2c(-c3ccccc3)csc2n1. The Balaban J connectivity index is 1.50. The van der Waals surface area contributed by atoms with Crippen molar-refractivity contribution in [1.82, 2.24) is 19.7 Å². The lowest BCUT2D eigenvalue weighted by Gasteiger charge is -2.10. The number of rotatable bonds is 7. The van der Waals surface area contributed by atoms with E-state index in [2.05, 4.69) is 27.9 Å². The largest absolute Gasteiger partial charge is 0.377 e. The minimum absolute atomic E-state index is 0.248. The molecule has 0 amide bonds. The van der Waals surface area contributed by atoms with Crippen molar-refractivity contribution in [2.75, 3.05) is 19.0 Å². The van der Waals surface area contributed by atoms with Gasteiger partial charge in [0.1, 0.15) is 17.3 Å². The maximum Gasteiger partial charge on any atom is 0.158 e. The van der Waals surface area contributed by atoms with Crippen molar-refractivity contribution in [2.24, 2.45) is 0 Å². The number of ether oxygens (including phenoxy) is 2. The Labute approximate surface area is 178 Å². The predicted octanol–water partition coefficient (Wildman–Crippen LogP) is 4.62. The molecule has 4 heterocycles. The summed E-state index contributed by atoms with van der Waals surface area (Å²) in [6.07, 6.45) is 6.29. The molecule has 1 atom stereocenters. The molecule has 8 heteroatoms. The van der Waals surface area contributed by atoms with E-state index in [4.69, 9.17) is 19.4 Å². The van der Waals surface area contributed by atoms with Gasteiger partial charge >= 0.3 is 0 Å². The van der Waals surface area contributed by atoms with Crippen molar-refractivity contribution in [3.63, 3.8) is 0 Å². The Hall–Kier alpha value is -2.81. The van der Waals surface area contributed by atoms with Crippen molar-refractivity contribution in [1.29, 1.82) is 0 Å². The molecule has 4 aromatic rings. The number of anilines is 2. The van der Waals surface area contributed by atoms with Gasteiger partial charge in [-0.1, -0.05) is 30.3 Å². The van der Waals surface area contributed by atoms with E-state index >= 15 is 0 Å². The number of nitrogens with one attached hydrogen (secondary N) is 1. The number of hydrogen-bond acceptors (Lipinski definition) is 7. The highest BCUT2D eigenvalue weighted by Crippen LogP contribution is 2.38. The average Bonchev–Trinajstić information content (AvgIpc) is 3.51. The first-order chi connectivity index (χ1) is 14.8. The lowest BCUT2D eigenvalue weighted by atomic mass is 10.1. The third kappa shape index (κ3) is 3.94. The molecule has 0 radical (unpaired) electrons. The molecule has 1 saturated heterocycles. The normalized spacial score (nSPS) is 16.4. The molecule has 1 N–H and O–H groups in total. The van der Waals surface area contributed by atoms with Gasteiger partial charge in [-0.2, -0.15) is 5.10 Å². The van der Waals surface area contributed by atoms with Crippen LogP contribution in [-0.2, 0) is 22.6 Å². The fraction of sp³-hybridized carbons (Fsp3) is 0.318. The summed E-state index contributed by atoms with van der Waals surface area (Å²) in [5.41, 5.74) is 3.15. The Morgan fingerprint density at radius 2 is 2.17 bits per heavy atom. The lowest BCUT2D eigenvalue weighted by Crippen LogP contribution is -2.15. The maximum atomic E-state index is 5.72. The number of fused-ring (bicyclic) bond motifs is 1. The zero-order valence-electron chi connectivity index (χ0n) is 16.7. The monoisotopic (exact) mass is 421 g/mol. The van der Waals surface area contributed by atoms with Gasteiger partial charge in [0, 0.05) is 30.9 Å². The van der Waals surface area contributed by atoms with Crippen LogP contribution >= 0.6 is 11.3 Å². The number of hydrogen-bond donors (Lipinski definition) is 1. The molecule has 154 valence electrons. The highest BCUT2D eigenvalue weighted by atomic mass is 32.1. The molecule has 0 bridgehead atoms. The minimum Gasteiger partial charge on any atom is -0.377 e. The first kappa shape index (κ1) is 19.2. The second-order valence-corrected chi connectivity index (χ2v) is 8.19. The molecule has 0 spiro atoms. The first-order valence-electron chi connectivity index (χ1n) is 10.0. The van der Waals surface area contributed by atoms with Crippen molar-refractivity contribution in [3.8, 4) is 11.1 Å². The van der Waals surface area contributed by atoms with Gasteiger partial charge in [0.05, 0.1) is 29.9 Å². The molecule has 7 nitrogen and oxygen atoms in total. The number of aromatic nitrogens is 4. The standard InChI is InChI=1S/C22H23N5O2S/c1-28-13-19-25-21(24-16-10-23-27(11-16)12-17-8-5-9-29-17)20-18(14-30-22(20)26-19)15-6-3-2-4-7-15/h2-4,6-7,10-11,14,17H,5,8-9,12-13H2,1H3,(H,24,25,26). The van der Waals surface area contributed by atoms with E-state index in [9.17, 15) is 0 Å². The van der Waals surface area contributed by atoms with E-state index < -0.39 is 0 Å². The maximum absolute atomic E-state index is 5.72. The van der Waals surface area contributed by atoms with Crippen LogP contribution in [-0.4, -0.2) is 39.6 Å². The van der Waals surface area contributed by atoms with Gasteiger partial charge in [-0.3, -0.25) is 4.68 Å². The van der Waals surface area contributed by atoms with Crippen LogP contribution in [0.4, 0.5) is 11.5 Å². The molecule has 1 aliphatic heterocycles. The molecule has 1 aromatic carbocycles. The summed E-state index contributed by atoms with van der Waals surface area (Å²) in [6, 6.07) is 10.3. The molecule has 1 aliphatic rings. The van der Waals surface area contributed by atoms with E-state index in [-0.39, 0.29) is 6.10 Å². The quantitative estimate of drug-likeness (QED) is 0.469. The van der Waals surface area contributed by atoms with E-state index in [0.29, 0.717) is 12.4 Å². The van der Waals surface area contributed by atoms with E-state index in [1.807, 2.05) is 35.3 Å². The van der Waals surface area contributed by atoms with Crippen molar-refractivity contribution in [2.45, 2.75) is 32.1 Å². The van der Waals surface area contributed by atoms with Gasteiger partial charge < -0.3 is 14.8 Å². The molecule has 0 aliphatic carbocycles. The zero-order chi connectivity index (χ0) is 20.3. The van der Waals surface area contributed by atoms with Crippen LogP contribution in [0.2, 0.25) is 0 Å². The topological polar surface area (TPSA) is 74.1 Å². The van der Waals surface area contributed by atoms with Gasteiger partial charge in [0.2, 0.25) is 0 Å². The molecule has 1 unspecified atom stereocenters. The summed E-state index contributed by atoms with van der Waals surface area (Å²) in [5.74, 6) is 1.42. The summed E-state index contributed by atoms with van der Waals surface area (Å²) in [5, 5.41) is 11.1. The fourth-order valence-corrected chi connectivity index (χ4v) is 4.73. The summed E-state index contributed by atoms with van der Waals surface area (Å²) in [7, 11) is 1.65. The molecular formula is C22H23N5O2S. The van der Waals surface area contributed by atoms with Gasteiger partial charge in [0.25, 0.3) is 0 Å². The van der Waals surface area contributed by atoms with Crippen LogP contribution in [0, 0.1) is 0 Å². The van der Waals surface area contributed by atoms with Gasteiger partial charge in [0.15, 0.2) is 5.82 Å². The van der Waals surface area contributed by atoms with Gasteiger partial charge in [-0.15, -0.1) is 11.3 Å². The number of methoxy groups -OCH3 is 1. The fourth-order valence-electron chi connectivity index (χ4n) is 3.76. The van der Waals surface area contributed by atoms with E-state index in [1.165, 1.54) is 0 Å². The van der Waals surface area contributed by atoms with Crippen LogP contribution in [0.25, 0.3) is 21.3 Å². The Bertz CT molecular complexity index is 1140. The first-order valence-corrected chi connectivity index (χ1v) is 10.9. The molecule has 0 saturated carbocycles. The number of benzene rings is 1. The van der Waals surface area contributed by atoms with Gasteiger partial charge in [-0.25, -0.2) is 9.97 Å². The Morgan fingerprint density at radius 3 is 2.97 bits per heavy atom. The zero-order valence-corrected chi connectivity index (χ0v) is 17.6. The number of nitrogens with zero attached hydrogens (tertiary/aromatic N) is 4. The van der Waals surface area contributed by atoms with Crippen LogP contribution in [0.3, 0.4) is 0 Å². The third-order valence-corrected chi connectivity index (χ3v) is 6.02. The molecule has 3 aromatic heterocycles. The van der Waals surface area contributed by atoms with Gasteiger partial charge in [-0.05, 0) is 18.4 Å². The van der Waals surface area contributed by atoms with Crippen molar-refractivity contribution < 1.29 is 9.47 Å². The average molecular weight is 422 g/mol. The Kier molecular flexibility index (Phi) is 5.44. The van der Waals surface area contributed by atoms with E-state index in [1.54, 1.807) is 18.4 Å². The highest BCUT2D eigenvalue weighted by molar-refractivity contribution is 7.17. The van der Waals surface area contributed by atoms with Crippen molar-refractivity contribution >= 4 is 33.1 Å². The Morgan fingerprint density at radius 1 is 1.27 bits per heavy atom. The van der Waals surface area contributed by atoms with Crippen LogP contribution in [0.5, 0.6) is 0 Å². The van der Waals surface area contributed by atoms with Crippen LogP contribution in [0.15, 0.2) is 48.1 Å². The van der Waals surface area contributed by atoms with Crippen LogP contribution in [0.1, 0.15) is 18.7 Å². The predicted molar refractivity (Wildman–Crippen MR) is 118 cm³/mol. The molecule has 30 heavy (non-hydrogen) atoms. The third-order valence-electron chi connectivity index (χ3n) is 5.15. The van der Waals surface area contributed by atoms with Crippen LogP contribution < -0.4 is 5.32 Å². The summed E-state index contributed by atoms with van der Waals surface area (Å²) in [6.45, 7) is 1.98. The molecule has 1 fully saturated rings. The second-order valence-electron chi connectivity index (χ2n) is 7.33. The molecular weight excluding hydrogens is 398 g/mol. The number of thiophene rings is 1. The summed E-state index contributed by atoms with van der Waals surface area (Å²) in [4.78, 5) is 10.4. The molecule has 5 rings (SSSR count). The van der Waals surface area contributed by atoms with Crippen molar-refractivity contribution in [3.05, 3.63) is 53.9 Å². The smallest absolute Gasteiger partial charge is 0.158 e. The van der Waals surface area contributed by atoms with E-state index in [0.717, 1.165) is 58.8 Å². The minimum atomic E-state index is 0.248. The lowest BCUT2D eigenvalue weighted by molar-refractivity contribution is 0.0940. The second kappa shape index (κ2) is 8.51. The highest BCUT2D eigenvalue weighted by Gasteiger charge is 2.18. The summed E-state index contributed by atoms with van der Waals surface area (Å²) < 4.78 is 12.9. The summed E-state index contributed by atoms with van der Waals surface area (Å²) >= 11 is 1.62.